The van der Waals surface area contributed by atoms with Gasteiger partial charge in [0.25, 0.3) is 0 Å². The summed E-state index contributed by atoms with van der Waals surface area (Å²) in [5.41, 5.74) is 7.35. The quantitative estimate of drug-likeness (QED) is 0.675. The molecule has 1 atom stereocenters. The van der Waals surface area contributed by atoms with Crippen LogP contribution in [0.15, 0.2) is 12.3 Å². The molecule has 0 saturated carbocycles. The molecule has 13 heavy (non-hydrogen) atoms. The Morgan fingerprint density at radius 1 is 1.62 bits per heavy atom. The van der Waals surface area contributed by atoms with Crippen molar-refractivity contribution in [3.63, 3.8) is 0 Å². The molecule has 0 aliphatic carbocycles. The van der Waals surface area contributed by atoms with Gasteiger partial charge >= 0.3 is 0 Å². The van der Waals surface area contributed by atoms with Crippen LogP contribution in [0.5, 0.6) is 0 Å². The highest BCUT2D eigenvalue weighted by molar-refractivity contribution is 6.30. The number of nitrogen functional groups attached to an aromatic ring is 1. The van der Waals surface area contributed by atoms with Crippen LogP contribution in [0.3, 0.4) is 0 Å². The number of hydrogen-bond acceptors (Lipinski definition) is 3. The van der Waals surface area contributed by atoms with Crippen molar-refractivity contribution in [3.05, 3.63) is 23.0 Å². The van der Waals surface area contributed by atoms with Gasteiger partial charge in [-0.15, -0.1) is 0 Å². The highest BCUT2D eigenvalue weighted by Crippen LogP contribution is 2.28. The number of halogens is 1. The van der Waals surface area contributed by atoms with E-state index in [0.29, 0.717) is 16.9 Å². The maximum atomic E-state index is 5.97. The molecule has 3 N–H and O–H groups in total. The third kappa shape index (κ3) is 1.76. The lowest BCUT2D eigenvalue weighted by molar-refractivity contribution is 0.645. The average Bonchev–Trinajstić information content (AvgIpc) is 2.61. The topological polar surface area (TPSA) is 50.9 Å². The van der Waals surface area contributed by atoms with Crippen molar-refractivity contribution in [3.8, 4) is 0 Å². The van der Waals surface area contributed by atoms with Crippen molar-refractivity contribution in [2.45, 2.75) is 18.9 Å². The number of pyridine rings is 1. The molecule has 0 aromatic carbocycles. The van der Waals surface area contributed by atoms with Gasteiger partial charge in [-0.3, -0.25) is 0 Å². The van der Waals surface area contributed by atoms with Gasteiger partial charge in [0.05, 0.1) is 11.9 Å². The second kappa shape index (κ2) is 3.52. The van der Waals surface area contributed by atoms with Crippen molar-refractivity contribution in [2.75, 3.05) is 12.3 Å². The molecule has 1 aromatic heterocycles. The van der Waals surface area contributed by atoms with Gasteiger partial charge in [0.1, 0.15) is 5.15 Å². The fourth-order valence-corrected chi connectivity index (χ4v) is 1.91. The molecule has 1 saturated heterocycles. The number of hydrogen-bond donors (Lipinski definition) is 2. The zero-order valence-electron chi connectivity index (χ0n) is 7.26. The fourth-order valence-electron chi connectivity index (χ4n) is 1.68. The number of rotatable bonds is 1. The van der Waals surface area contributed by atoms with Crippen LogP contribution in [0.4, 0.5) is 5.69 Å². The Balaban J connectivity index is 2.32. The SMILES string of the molecule is Nc1cnc(Cl)c([C@@H]2CCCN2)c1. The first-order valence-corrected chi connectivity index (χ1v) is 4.79. The predicted molar refractivity (Wildman–Crippen MR) is 53.6 cm³/mol. The second-order valence-electron chi connectivity index (χ2n) is 3.30. The Kier molecular flexibility index (Phi) is 2.38. The number of aromatic nitrogens is 1. The molecule has 2 rings (SSSR count). The van der Waals surface area contributed by atoms with Crippen molar-refractivity contribution in [2.24, 2.45) is 0 Å². The molecule has 0 spiro atoms. The molecular formula is C9H12ClN3. The molecule has 0 bridgehead atoms. The van der Waals surface area contributed by atoms with Crippen LogP contribution in [0.25, 0.3) is 0 Å². The molecule has 4 heteroatoms. The number of nitrogens with zero attached hydrogens (tertiary/aromatic N) is 1. The maximum Gasteiger partial charge on any atom is 0.133 e. The lowest BCUT2D eigenvalue weighted by Gasteiger charge is -2.11. The molecule has 0 unspecified atom stereocenters. The molecule has 1 aliphatic heterocycles. The number of nitrogens with two attached hydrogens (primary N) is 1. The first-order chi connectivity index (χ1) is 6.27. The van der Waals surface area contributed by atoms with Crippen molar-refractivity contribution < 1.29 is 0 Å². The highest BCUT2D eigenvalue weighted by atomic mass is 35.5. The molecule has 3 nitrogen and oxygen atoms in total. The monoisotopic (exact) mass is 197 g/mol. The van der Waals surface area contributed by atoms with E-state index in [1.54, 1.807) is 6.20 Å². The van der Waals surface area contributed by atoms with Crippen LogP contribution in [0.1, 0.15) is 24.4 Å². The van der Waals surface area contributed by atoms with Gasteiger partial charge in [-0.1, -0.05) is 11.6 Å². The minimum atomic E-state index is 0.337. The fraction of sp³-hybridized carbons (Fsp3) is 0.444. The summed E-state index contributed by atoms with van der Waals surface area (Å²) in [5.74, 6) is 0. The van der Waals surface area contributed by atoms with Gasteiger partial charge in [0.15, 0.2) is 0 Å². The van der Waals surface area contributed by atoms with Crippen LogP contribution in [0, 0.1) is 0 Å². The number of nitrogens with one attached hydrogen (secondary N) is 1. The third-order valence-corrected chi connectivity index (χ3v) is 2.64. The van der Waals surface area contributed by atoms with E-state index in [-0.39, 0.29) is 0 Å². The molecule has 0 radical (unpaired) electrons. The molecule has 0 amide bonds. The van der Waals surface area contributed by atoms with E-state index in [0.717, 1.165) is 18.5 Å². The number of anilines is 1. The van der Waals surface area contributed by atoms with Gasteiger partial charge in [-0.05, 0) is 25.5 Å². The maximum absolute atomic E-state index is 5.97. The lowest BCUT2D eigenvalue weighted by atomic mass is 10.1. The van der Waals surface area contributed by atoms with E-state index in [2.05, 4.69) is 10.3 Å². The summed E-state index contributed by atoms with van der Waals surface area (Å²) in [6.45, 7) is 1.05. The van der Waals surface area contributed by atoms with Gasteiger partial charge < -0.3 is 11.1 Å². The minimum Gasteiger partial charge on any atom is -0.397 e. The Labute approximate surface area is 82.3 Å². The summed E-state index contributed by atoms with van der Waals surface area (Å²) in [5, 5.41) is 3.92. The first-order valence-electron chi connectivity index (χ1n) is 4.41. The van der Waals surface area contributed by atoms with Crippen LogP contribution < -0.4 is 11.1 Å². The van der Waals surface area contributed by atoms with E-state index in [1.807, 2.05) is 6.07 Å². The Hall–Kier alpha value is -0.800. The second-order valence-corrected chi connectivity index (χ2v) is 3.66. The standard InChI is InChI=1S/C9H12ClN3/c10-9-7(4-6(11)5-13-9)8-2-1-3-12-8/h4-5,8,12H,1-3,11H2/t8-/m0/s1. The Morgan fingerprint density at radius 3 is 3.15 bits per heavy atom. The van der Waals surface area contributed by atoms with E-state index in [1.165, 1.54) is 6.42 Å². The molecule has 1 fully saturated rings. The zero-order chi connectivity index (χ0) is 9.26. The molecule has 2 heterocycles. The predicted octanol–water partition coefficient (Wildman–Crippen LogP) is 1.74. The van der Waals surface area contributed by atoms with E-state index < -0.39 is 0 Å². The smallest absolute Gasteiger partial charge is 0.133 e. The average molecular weight is 198 g/mol. The highest BCUT2D eigenvalue weighted by Gasteiger charge is 2.19. The lowest BCUT2D eigenvalue weighted by Crippen LogP contribution is -2.13. The van der Waals surface area contributed by atoms with E-state index in [9.17, 15) is 0 Å². The molecule has 70 valence electrons. The summed E-state index contributed by atoms with van der Waals surface area (Å²) in [7, 11) is 0. The summed E-state index contributed by atoms with van der Waals surface area (Å²) in [6.07, 6.45) is 3.89. The van der Waals surface area contributed by atoms with Crippen molar-refractivity contribution >= 4 is 17.3 Å². The molecular weight excluding hydrogens is 186 g/mol. The van der Waals surface area contributed by atoms with Crippen LogP contribution >= 0.6 is 11.6 Å². The minimum absolute atomic E-state index is 0.337. The summed E-state index contributed by atoms with van der Waals surface area (Å²) >= 11 is 5.97. The Morgan fingerprint density at radius 2 is 2.46 bits per heavy atom. The van der Waals surface area contributed by atoms with Crippen molar-refractivity contribution in [1.29, 1.82) is 0 Å². The van der Waals surface area contributed by atoms with E-state index >= 15 is 0 Å². The molecule has 1 aromatic rings. The van der Waals surface area contributed by atoms with Gasteiger partial charge in [0, 0.05) is 11.6 Å². The third-order valence-electron chi connectivity index (χ3n) is 2.32. The molecule has 1 aliphatic rings. The van der Waals surface area contributed by atoms with Crippen molar-refractivity contribution in [1.82, 2.24) is 10.3 Å². The normalized spacial score (nSPS) is 22.1. The summed E-state index contributed by atoms with van der Waals surface area (Å²) < 4.78 is 0. The zero-order valence-corrected chi connectivity index (χ0v) is 8.01. The van der Waals surface area contributed by atoms with E-state index in [4.69, 9.17) is 17.3 Å². The summed E-state index contributed by atoms with van der Waals surface area (Å²) in [4.78, 5) is 4.02. The summed E-state index contributed by atoms with van der Waals surface area (Å²) in [6, 6.07) is 2.24. The largest absolute Gasteiger partial charge is 0.397 e. The van der Waals surface area contributed by atoms with Crippen LogP contribution in [-0.4, -0.2) is 11.5 Å². The van der Waals surface area contributed by atoms with Gasteiger partial charge in [-0.2, -0.15) is 0 Å². The van der Waals surface area contributed by atoms with Crippen LogP contribution in [-0.2, 0) is 0 Å². The van der Waals surface area contributed by atoms with Gasteiger partial charge in [-0.25, -0.2) is 4.98 Å². The Bertz CT molecular complexity index is 308. The first kappa shape index (κ1) is 8.78. The van der Waals surface area contributed by atoms with Gasteiger partial charge in [0.2, 0.25) is 0 Å². The van der Waals surface area contributed by atoms with Crippen LogP contribution in [0.2, 0.25) is 5.15 Å².